The number of aliphatic hydroxyl groups is 1. The van der Waals surface area contributed by atoms with Crippen LogP contribution in [0.15, 0.2) is 4.99 Å². The van der Waals surface area contributed by atoms with Gasteiger partial charge in [-0.05, 0) is 45.7 Å². The molecule has 0 spiro atoms. The van der Waals surface area contributed by atoms with Gasteiger partial charge in [-0.15, -0.1) is 0 Å². The summed E-state index contributed by atoms with van der Waals surface area (Å²) in [5, 5.41) is 17.3. The van der Waals surface area contributed by atoms with Gasteiger partial charge in [-0.2, -0.15) is 0 Å². The lowest BCUT2D eigenvalue weighted by Gasteiger charge is -2.37. The molecule has 140 valence electrons. The van der Waals surface area contributed by atoms with Crippen molar-refractivity contribution in [1.82, 2.24) is 15.5 Å². The standard InChI is InChI=1S/C19H38N4O/c1-4-20-18(21-14-16-10-7-9-13-23(16)5-2)22-15-19(3)12-8-6-11-17(19)24/h16-17,24H,4-15H2,1-3H3,(H2,20,21,22). The van der Waals surface area contributed by atoms with Crippen LogP contribution in [0.4, 0.5) is 0 Å². The predicted molar refractivity (Wildman–Crippen MR) is 101 cm³/mol. The highest BCUT2D eigenvalue weighted by atomic mass is 16.3. The van der Waals surface area contributed by atoms with E-state index >= 15 is 0 Å². The highest BCUT2D eigenvalue weighted by Gasteiger charge is 2.35. The Morgan fingerprint density at radius 1 is 1.17 bits per heavy atom. The second kappa shape index (κ2) is 9.62. The minimum atomic E-state index is -0.216. The number of hydrogen-bond donors (Lipinski definition) is 3. The molecule has 3 N–H and O–H groups in total. The summed E-state index contributed by atoms with van der Waals surface area (Å²) in [7, 11) is 0. The predicted octanol–water partition coefficient (Wildman–Crippen LogP) is 2.36. The lowest BCUT2D eigenvalue weighted by atomic mass is 9.73. The first-order valence-electron chi connectivity index (χ1n) is 10.0. The quantitative estimate of drug-likeness (QED) is 0.514. The molecule has 1 aliphatic carbocycles. The molecule has 2 rings (SSSR count). The molecule has 0 aromatic heterocycles. The third kappa shape index (κ3) is 5.35. The Hall–Kier alpha value is -0.810. The Balaban J connectivity index is 1.90. The number of rotatable bonds is 6. The van der Waals surface area contributed by atoms with E-state index in [-0.39, 0.29) is 11.5 Å². The molecular formula is C19H38N4O. The van der Waals surface area contributed by atoms with Gasteiger partial charge < -0.3 is 15.7 Å². The number of likely N-dealkylation sites (N-methyl/N-ethyl adjacent to an activating group) is 1. The summed E-state index contributed by atoms with van der Waals surface area (Å²) in [6, 6.07) is 0.614. The molecule has 2 fully saturated rings. The Morgan fingerprint density at radius 3 is 2.67 bits per heavy atom. The zero-order valence-electron chi connectivity index (χ0n) is 16.0. The van der Waals surface area contributed by atoms with Gasteiger partial charge in [0.2, 0.25) is 0 Å². The number of nitrogens with zero attached hydrogens (tertiary/aromatic N) is 2. The van der Waals surface area contributed by atoms with Crippen LogP contribution in [0.1, 0.15) is 65.7 Å². The van der Waals surface area contributed by atoms with Crippen LogP contribution >= 0.6 is 0 Å². The van der Waals surface area contributed by atoms with E-state index in [1.165, 1.54) is 32.2 Å². The Kier molecular flexibility index (Phi) is 7.82. The third-order valence-corrected chi connectivity index (χ3v) is 5.88. The molecule has 1 saturated heterocycles. The summed E-state index contributed by atoms with van der Waals surface area (Å²) < 4.78 is 0. The average molecular weight is 339 g/mol. The van der Waals surface area contributed by atoms with Crippen molar-refractivity contribution in [3.8, 4) is 0 Å². The van der Waals surface area contributed by atoms with Crippen LogP contribution in [0, 0.1) is 5.41 Å². The highest BCUT2D eigenvalue weighted by molar-refractivity contribution is 5.79. The molecule has 5 nitrogen and oxygen atoms in total. The van der Waals surface area contributed by atoms with Crippen LogP contribution in [0.3, 0.4) is 0 Å². The maximum absolute atomic E-state index is 10.4. The third-order valence-electron chi connectivity index (χ3n) is 5.88. The Morgan fingerprint density at radius 2 is 1.96 bits per heavy atom. The molecule has 3 atom stereocenters. The number of nitrogens with one attached hydrogen (secondary N) is 2. The molecule has 0 aromatic rings. The zero-order chi connectivity index (χ0) is 17.4. The molecule has 1 aliphatic heterocycles. The van der Waals surface area contributed by atoms with Gasteiger partial charge in [0.25, 0.3) is 0 Å². The van der Waals surface area contributed by atoms with Gasteiger partial charge in [0.15, 0.2) is 5.96 Å². The molecule has 0 amide bonds. The van der Waals surface area contributed by atoms with E-state index in [0.29, 0.717) is 12.6 Å². The zero-order valence-corrected chi connectivity index (χ0v) is 16.0. The van der Waals surface area contributed by atoms with Gasteiger partial charge in [-0.25, -0.2) is 0 Å². The molecule has 0 bridgehead atoms. The topological polar surface area (TPSA) is 59.9 Å². The maximum Gasteiger partial charge on any atom is 0.191 e. The summed E-state index contributed by atoms with van der Waals surface area (Å²) in [5.41, 5.74) is -0.0686. The first-order valence-corrected chi connectivity index (χ1v) is 10.0. The largest absolute Gasteiger partial charge is 0.392 e. The minimum absolute atomic E-state index is 0.0686. The van der Waals surface area contributed by atoms with Crippen molar-refractivity contribution in [1.29, 1.82) is 0 Å². The van der Waals surface area contributed by atoms with Crippen molar-refractivity contribution in [3.05, 3.63) is 0 Å². The van der Waals surface area contributed by atoms with Crippen molar-refractivity contribution in [2.75, 3.05) is 32.7 Å². The van der Waals surface area contributed by atoms with Crippen LogP contribution in [0.2, 0.25) is 0 Å². The number of piperidine rings is 1. The number of likely N-dealkylation sites (tertiary alicyclic amines) is 1. The second-order valence-corrected chi connectivity index (χ2v) is 7.77. The summed E-state index contributed by atoms with van der Waals surface area (Å²) in [4.78, 5) is 7.39. The van der Waals surface area contributed by atoms with E-state index in [1.54, 1.807) is 0 Å². The minimum Gasteiger partial charge on any atom is -0.392 e. The number of aliphatic hydroxyl groups excluding tert-OH is 1. The molecule has 5 heteroatoms. The Bertz CT molecular complexity index is 401. The van der Waals surface area contributed by atoms with Crippen LogP contribution in [-0.4, -0.2) is 60.8 Å². The SMILES string of the molecule is CCNC(=NCC1(C)CCCCC1O)NCC1CCCCN1CC. The molecule has 0 radical (unpaired) electrons. The van der Waals surface area contributed by atoms with Gasteiger partial charge in [-0.3, -0.25) is 9.89 Å². The fourth-order valence-electron chi connectivity index (χ4n) is 4.09. The van der Waals surface area contributed by atoms with Gasteiger partial charge >= 0.3 is 0 Å². The van der Waals surface area contributed by atoms with Gasteiger partial charge in [0.05, 0.1) is 12.6 Å². The molecule has 3 unspecified atom stereocenters. The smallest absolute Gasteiger partial charge is 0.191 e. The van der Waals surface area contributed by atoms with Gasteiger partial charge in [0, 0.05) is 24.5 Å². The van der Waals surface area contributed by atoms with Gasteiger partial charge in [-0.1, -0.05) is 33.1 Å². The maximum atomic E-state index is 10.4. The summed E-state index contributed by atoms with van der Waals surface area (Å²) in [5.74, 6) is 0.901. The van der Waals surface area contributed by atoms with Crippen molar-refractivity contribution >= 4 is 5.96 Å². The van der Waals surface area contributed by atoms with Crippen LogP contribution in [0.5, 0.6) is 0 Å². The number of guanidine groups is 1. The molecule has 0 aromatic carbocycles. The fourth-order valence-corrected chi connectivity index (χ4v) is 4.09. The first-order chi connectivity index (χ1) is 11.6. The van der Waals surface area contributed by atoms with E-state index < -0.39 is 0 Å². The van der Waals surface area contributed by atoms with Crippen molar-refractivity contribution in [3.63, 3.8) is 0 Å². The van der Waals surface area contributed by atoms with Crippen LogP contribution < -0.4 is 10.6 Å². The first kappa shape index (κ1) is 19.5. The van der Waals surface area contributed by atoms with E-state index in [1.807, 2.05) is 0 Å². The summed E-state index contributed by atoms with van der Waals surface area (Å²) >= 11 is 0. The fraction of sp³-hybridized carbons (Fsp3) is 0.947. The van der Waals surface area contributed by atoms with E-state index in [0.717, 1.165) is 44.9 Å². The van der Waals surface area contributed by atoms with Crippen LogP contribution in [0.25, 0.3) is 0 Å². The van der Waals surface area contributed by atoms with E-state index in [4.69, 9.17) is 4.99 Å². The monoisotopic (exact) mass is 338 g/mol. The number of hydrogen-bond acceptors (Lipinski definition) is 3. The molecular weight excluding hydrogens is 300 g/mol. The number of aliphatic imine (C=N–C) groups is 1. The van der Waals surface area contributed by atoms with Gasteiger partial charge in [0.1, 0.15) is 0 Å². The lowest BCUT2D eigenvalue weighted by molar-refractivity contribution is 0.00715. The van der Waals surface area contributed by atoms with E-state index in [9.17, 15) is 5.11 Å². The van der Waals surface area contributed by atoms with Crippen molar-refractivity contribution in [2.24, 2.45) is 10.4 Å². The highest BCUT2D eigenvalue weighted by Crippen LogP contribution is 2.36. The average Bonchev–Trinajstić information content (AvgIpc) is 2.60. The second-order valence-electron chi connectivity index (χ2n) is 7.77. The molecule has 1 heterocycles. The molecule has 2 aliphatic rings. The van der Waals surface area contributed by atoms with Crippen molar-refractivity contribution < 1.29 is 5.11 Å². The summed E-state index contributed by atoms with van der Waals surface area (Å²) in [6.45, 7) is 11.4. The molecule has 1 saturated carbocycles. The Labute approximate surface area is 148 Å². The summed E-state index contributed by atoms with van der Waals surface area (Å²) in [6.07, 6.45) is 8.07. The van der Waals surface area contributed by atoms with E-state index in [2.05, 4.69) is 36.3 Å². The normalized spacial score (nSPS) is 32.6. The molecule has 24 heavy (non-hydrogen) atoms. The lowest BCUT2D eigenvalue weighted by Crippen LogP contribution is -2.49. The van der Waals surface area contributed by atoms with Crippen molar-refractivity contribution in [2.45, 2.75) is 77.9 Å². The van der Waals surface area contributed by atoms with Crippen LogP contribution in [-0.2, 0) is 0 Å².